The Labute approximate surface area is 160 Å². The highest BCUT2D eigenvalue weighted by molar-refractivity contribution is 5.91. The fourth-order valence-corrected chi connectivity index (χ4v) is 2.54. The summed E-state index contributed by atoms with van der Waals surface area (Å²) in [7, 11) is 0. The Hall–Kier alpha value is -1.90. The second kappa shape index (κ2) is 14.3. The first-order chi connectivity index (χ1) is 12.2. The molecule has 1 amide bonds. The predicted octanol–water partition coefficient (Wildman–Crippen LogP) is 5.97. The molecule has 0 unspecified atom stereocenters. The summed E-state index contributed by atoms with van der Waals surface area (Å²) in [6, 6.07) is 0. The summed E-state index contributed by atoms with van der Waals surface area (Å²) < 4.78 is 0. The summed E-state index contributed by atoms with van der Waals surface area (Å²) in [6.07, 6.45) is 16.3. The van der Waals surface area contributed by atoms with Gasteiger partial charge < -0.3 is 10.5 Å². The molecule has 0 aromatic heterocycles. The van der Waals surface area contributed by atoms with Crippen LogP contribution in [-0.4, -0.2) is 11.7 Å². The first-order valence-electron chi connectivity index (χ1n) is 9.65. The van der Waals surface area contributed by atoms with Gasteiger partial charge in [-0.25, -0.2) is 0 Å². The molecular weight excluding hydrogens is 322 g/mol. The third-order valence-corrected chi connectivity index (χ3v) is 4.43. The molecule has 0 fully saturated rings. The number of hydrogen-bond acceptors (Lipinski definition) is 2. The van der Waals surface area contributed by atoms with E-state index >= 15 is 0 Å². The maximum Gasteiger partial charge on any atom is 0.244 e. The number of allylic oxidation sites excluding steroid dienone is 7. The van der Waals surface area contributed by atoms with Gasteiger partial charge in [-0.3, -0.25) is 4.79 Å². The van der Waals surface area contributed by atoms with Crippen molar-refractivity contribution in [3.63, 3.8) is 0 Å². The van der Waals surface area contributed by atoms with Crippen LogP contribution in [0, 0.1) is 0 Å². The first kappa shape index (κ1) is 24.1. The highest BCUT2D eigenvalue weighted by Gasteiger charge is 1.97. The molecule has 0 aromatic carbocycles. The lowest BCUT2D eigenvalue weighted by Crippen LogP contribution is -2.11. The fourth-order valence-electron chi connectivity index (χ4n) is 2.54. The number of primary amides is 1. The van der Waals surface area contributed by atoms with Gasteiger partial charge in [-0.2, -0.15) is 0 Å². The van der Waals surface area contributed by atoms with Crippen LogP contribution >= 0.6 is 0 Å². The van der Waals surface area contributed by atoms with Crippen molar-refractivity contribution in [3.05, 3.63) is 46.6 Å². The third kappa shape index (κ3) is 14.4. The van der Waals surface area contributed by atoms with Gasteiger partial charge in [-0.1, -0.05) is 41.0 Å². The van der Waals surface area contributed by atoms with E-state index in [4.69, 9.17) is 5.73 Å². The SMILES string of the molecule is CC(=O)CC/C=C(\C)CC/C=C(\C)CC/C=C(\C)CC/C=C(\C)C(N)=O. The van der Waals surface area contributed by atoms with Gasteiger partial charge in [0, 0.05) is 12.0 Å². The molecule has 0 atom stereocenters. The second-order valence-electron chi connectivity index (χ2n) is 7.26. The van der Waals surface area contributed by atoms with Gasteiger partial charge in [0.2, 0.25) is 5.91 Å². The lowest BCUT2D eigenvalue weighted by Gasteiger charge is -2.03. The van der Waals surface area contributed by atoms with Gasteiger partial charge in [0.05, 0.1) is 0 Å². The Morgan fingerprint density at radius 3 is 1.31 bits per heavy atom. The number of hydrogen-bond donors (Lipinski definition) is 1. The molecule has 0 saturated heterocycles. The molecule has 0 aromatic rings. The average Bonchev–Trinajstić information content (AvgIpc) is 2.54. The van der Waals surface area contributed by atoms with Gasteiger partial charge in [0.15, 0.2) is 0 Å². The molecule has 0 aliphatic carbocycles. The minimum absolute atomic E-state index is 0.257. The monoisotopic (exact) mass is 359 g/mol. The van der Waals surface area contributed by atoms with Gasteiger partial charge >= 0.3 is 0 Å². The van der Waals surface area contributed by atoms with E-state index in [2.05, 4.69) is 39.0 Å². The Kier molecular flexibility index (Phi) is 13.2. The van der Waals surface area contributed by atoms with Crippen molar-refractivity contribution in [2.75, 3.05) is 0 Å². The van der Waals surface area contributed by atoms with E-state index in [-0.39, 0.29) is 11.7 Å². The minimum atomic E-state index is -0.337. The minimum Gasteiger partial charge on any atom is -0.366 e. The van der Waals surface area contributed by atoms with Crippen molar-refractivity contribution in [2.24, 2.45) is 5.73 Å². The largest absolute Gasteiger partial charge is 0.366 e. The molecule has 0 radical (unpaired) electrons. The quantitative estimate of drug-likeness (QED) is 0.325. The standard InChI is InChI=1S/C23H37NO2/c1-18(11-7-13-20(3)15-9-17-22(5)25)10-6-12-19(2)14-8-16-21(4)23(24)26/h11-12,15-16H,6-10,13-14,17H2,1-5H3,(H2,24,26)/b18-11+,19-12+,20-15+,21-16+. The summed E-state index contributed by atoms with van der Waals surface area (Å²) in [5.74, 6) is -0.0801. The van der Waals surface area contributed by atoms with Crippen LogP contribution in [0.25, 0.3) is 0 Å². The Bertz CT molecular complexity index is 577. The van der Waals surface area contributed by atoms with E-state index in [1.165, 1.54) is 16.7 Å². The molecule has 0 rings (SSSR count). The molecule has 0 saturated carbocycles. The van der Waals surface area contributed by atoms with E-state index < -0.39 is 0 Å². The summed E-state index contributed by atoms with van der Waals surface area (Å²) in [5.41, 5.74) is 10.0. The first-order valence-corrected chi connectivity index (χ1v) is 9.65. The lowest BCUT2D eigenvalue weighted by atomic mass is 10.0. The van der Waals surface area contributed by atoms with Crippen LogP contribution in [-0.2, 0) is 9.59 Å². The van der Waals surface area contributed by atoms with Gasteiger partial charge in [0.1, 0.15) is 5.78 Å². The van der Waals surface area contributed by atoms with Gasteiger partial charge in [-0.15, -0.1) is 0 Å². The number of amides is 1. The maximum absolute atomic E-state index is 10.9. The van der Waals surface area contributed by atoms with E-state index in [9.17, 15) is 9.59 Å². The lowest BCUT2D eigenvalue weighted by molar-refractivity contribution is -0.117. The molecule has 0 spiro atoms. The number of carbonyl (C=O) groups is 2. The van der Waals surface area contributed by atoms with E-state index in [1.807, 2.05) is 6.08 Å². The third-order valence-electron chi connectivity index (χ3n) is 4.43. The molecular formula is C23H37NO2. The van der Waals surface area contributed by atoms with Crippen LogP contribution in [0.5, 0.6) is 0 Å². The number of Topliss-reactive ketones (excluding diaryl/α,β-unsaturated/α-hetero) is 1. The summed E-state index contributed by atoms with van der Waals surface area (Å²) in [5, 5.41) is 0. The molecule has 0 bridgehead atoms. The van der Waals surface area contributed by atoms with Gasteiger partial charge in [0.25, 0.3) is 0 Å². The van der Waals surface area contributed by atoms with E-state index in [0.29, 0.717) is 12.0 Å². The molecule has 146 valence electrons. The zero-order valence-electron chi connectivity index (χ0n) is 17.4. The molecule has 0 aliphatic rings. The Morgan fingerprint density at radius 2 is 0.962 bits per heavy atom. The van der Waals surface area contributed by atoms with Crippen LogP contribution < -0.4 is 5.73 Å². The van der Waals surface area contributed by atoms with E-state index in [0.717, 1.165) is 44.9 Å². The Balaban J connectivity index is 4.07. The summed E-state index contributed by atoms with van der Waals surface area (Å²) in [6.45, 7) is 9.88. The summed E-state index contributed by atoms with van der Waals surface area (Å²) in [4.78, 5) is 21.9. The number of nitrogens with two attached hydrogens (primary N) is 1. The predicted molar refractivity (Wildman–Crippen MR) is 112 cm³/mol. The van der Waals surface area contributed by atoms with Crippen LogP contribution in [0.2, 0.25) is 0 Å². The molecule has 0 heterocycles. The smallest absolute Gasteiger partial charge is 0.244 e. The van der Waals surface area contributed by atoms with Crippen LogP contribution in [0.3, 0.4) is 0 Å². The zero-order chi connectivity index (χ0) is 19.9. The van der Waals surface area contributed by atoms with Crippen molar-refractivity contribution >= 4 is 11.7 Å². The van der Waals surface area contributed by atoms with Crippen LogP contribution in [0.15, 0.2) is 46.6 Å². The molecule has 3 nitrogen and oxygen atoms in total. The van der Waals surface area contributed by atoms with Crippen molar-refractivity contribution < 1.29 is 9.59 Å². The van der Waals surface area contributed by atoms with Crippen molar-refractivity contribution in [3.8, 4) is 0 Å². The fraction of sp³-hybridized carbons (Fsp3) is 0.565. The summed E-state index contributed by atoms with van der Waals surface area (Å²) >= 11 is 0. The van der Waals surface area contributed by atoms with Crippen molar-refractivity contribution in [1.82, 2.24) is 0 Å². The highest BCUT2D eigenvalue weighted by Crippen LogP contribution is 2.14. The zero-order valence-corrected chi connectivity index (χ0v) is 17.4. The number of rotatable bonds is 13. The van der Waals surface area contributed by atoms with Crippen molar-refractivity contribution in [1.29, 1.82) is 0 Å². The van der Waals surface area contributed by atoms with Crippen LogP contribution in [0.1, 0.15) is 86.0 Å². The molecule has 0 aliphatic heterocycles. The molecule has 3 heteroatoms. The van der Waals surface area contributed by atoms with E-state index in [1.54, 1.807) is 13.8 Å². The van der Waals surface area contributed by atoms with Crippen LogP contribution in [0.4, 0.5) is 0 Å². The number of ketones is 1. The topological polar surface area (TPSA) is 60.2 Å². The average molecular weight is 360 g/mol. The molecule has 26 heavy (non-hydrogen) atoms. The Morgan fingerprint density at radius 1 is 0.615 bits per heavy atom. The van der Waals surface area contributed by atoms with Gasteiger partial charge in [-0.05, 0) is 79.6 Å². The maximum atomic E-state index is 10.9. The highest BCUT2D eigenvalue weighted by atomic mass is 16.1. The number of carbonyl (C=O) groups excluding carboxylic acids is 2. The normalized spacial score (nSPS) is 13.9. The van der Waals surface area contributed by atoms with Crippen molar-refractivity contribution in [2.45, 2.75) is 86.0 Å². The second-order valence-corrected chi connectivity index (χ2v) is 7.26. The molecule has 2 N–H and O–H groups in total.